The summed E-state index contributed by atoms with van der Waals surface area (Å²) in [5, 5.41) is 15.2. The smallest absolute Gasteiger partial charge is 0.343 e. The molecule has 31 heavy (non-hydrogen) atoms. The molecule has 162 valence electrons. The van der Waals surface area contributed by atoms with Gasteiger partial charge >= 0.3 is 11.7 Å². The number of ether oxygens (including phenoxy) is 4. The molecule has 3 aromatic rings. The Morgan fingerprint density at radius 3 is 2.42 bits per heavy atom. The van der Waals surface area contributed by atoms with Gasteiger partial charge in [0.05, 0.1) is 42.0 Å². The number of nitro benzene ring substituents is 1. The van der Waals surface area contributed by atoms with Gasteiger partial charge in [-0.25, -0.2) is 4.79 Å². The van der Waals surface area contributed by atoms with Crippen LogP contribution in [0.1, 0.15) is 27.4 Å². The third-order valence-corrected chi connectivity index (χ3v) is 4.52. The van der Waals surface area contributed by atoms with Crippen LogP contribution in [0.25, 0.3) is 0 Å². The van der Waals surface area contributed by atoms with Gasteiger partial charge in [-0.1, -0.05) is 5.16 Å². The van der Waals surface area contributed by atoms with Gasteiger partial charge in [-0.3, -0.25) is 10.1 Å². The Bertz CT molecular complexity index is 1100. The topological polar surface area (TPSA) is 123 Å². The van der Waals surface area contributed by atoms with Crippen molar-refractivity contribution in [2.45, 2.75) is 20.5 Å². The van der Waals surface area contributed by atoms with Gasteiger partial charge in [0, 0.05) is 0 Å². The molecular weight excluding hydrogens is 408 g/mol. The number of aryl methyl sites for hydroxylation is 2. The maximum absolute atomic E-state index is 12.6. The molecule has 1 heterocycles. The number of hydrogen-bond acceptors (Lipinski definition) is 9. The van der Waals surface area contributed by atoms with Gasteiger partial charge in [-0.2, -0.15) is 0 Å². The lowest BCUT2D eigenvalue weighted by molar-refractivity contribution is -0.385. The quantitative estimate of drug-likeness (QED) is 0.226. The summed E-state index contributed by atoms with van der Waals surface area (Å²) in [6.45, 7) is 3.80. The Hall–Kier alpha value is -4.08. The minimum Gasteiger partial charge on any atom is -0.496 e. The molecule has 0 radical (unpaired) electrons. The highest BCUT2D eigenvalue weighted by Crippen LogP contribution is 2.33. The van der Waals surface area contributed by atoms with Crippen LogP contribution >= 0.6 is 0 Å². The predicted molar refractivity (Wildman–Crippen MR) is 108 cm³/mol. The van der Waals surface area contributed by atoms with Crippen molar-refractivity contribution < 1.29 is 33.2 Å². The SMILES string of the molecule is COc1ccc(OC(=O)c2ccc(OCc3c(C)noc3C)c(OC)c2)c([N+](=O)[O-])c1. The van der Waals surface area contributed by atoms with Crippen molar-refractivity contribution in [3.8, 4) is 23.0 Å². The average Bonchev–Trinajstić information content (AvgIpc) is 3.09. The van der Waals surface area contributed by atoms with Crippen LogP contribution in [-0.2, 0) is 6.61 Å². The maximum Gasteiger partial charge on any atom is 0.343 e. The molecule has 3 rings (SSSR count). The van der Waals surface area contributed by atoms with E-state index in [2.05, 4.69) is 5.16 Å². The average molecular weight is 428 g/mol. The second-order valence-corrected chi connectivity index (χ2v) is 6.44. The molecule has 0 unspecified atom stereocenters. The lowest BCUT2D eigenvalue weighted by Gasteiger charge is -2.12. The van der Waals surface area contributed by atoms with E-state index in [4.69, 9.17) is 23.5 Å². The van der Waals surface area contributed by atoms with Crippen molar-refractivity contribution in [1.29, 1.82) is 0 Å². The number of nitro groups is 1. The van der Waals surface area contributed by atoms with Crippen LogP contribution in [0.2, 0.25) is 0 Å². The first-order valence-electron chi connectivity index (χ1n) is 9.11. The van der Waals surface area contributed by atoms with Gasteiger partial charge in [0.2, 0.25) is 5.75 Å². The minimum atomic E-state index is -0.788. The highest BCUT2D eigenvalue weighted by Gasteiger charge is 2.21. The molecule has 0 aliphatic rings. The Kier molecular flexibility index (Phi) is 6.39. The Morgan fingerprint density at radius 2 is 1.81 bits per heavy atom. The lowest BCUT2D eigenvalue weighted by atomic mass is 10.2. The van der Waals surface area contributed by atoms with Crippen molar-refractivity contribution in [2.24, 2.45) is 0 Å². The summed E-state index contributed by atoms with van der Waals surface area (Å²) in [6, 6.07) is 8.39. The van der Waals surface area contributed by atoms with E-state index < -0.39 is 10.9 Å². The first-order valence-corrected chi connectivity index (χ1v) is 9.11. The number of carbonyl (C=O) groups excluding carboxylic acids is 1. The Balaban J connectivity index is 1.79. The summed E-state index contributed by atoms with van der Waals surface area (Å²) in [4.78, 5) is 23.2. The van der Waals surface area contributed by atoms with Crippen molar-refractivity contribution in [1.82, 2.24) is 5.16 Å². The monoisotopic (exact) mass is 428 g/mol. The van der Waals surface area contributed by atoms with E-state index in [1.807, 2.05) is 6.92 Å². The fourth-order valence-corrected chi connectivity index (χ4v) is 2.78. The van der Waals surface area contributed by atoms with Crippen molar-refractivity contribution in [3.05, 3.63) is 69.1 Å². The highest BCUT2D eigenvalue weighted by molar-refractivity contribution is 5.92. The molecule has 2 aromatic carbocycles. The third kappa shape index (κ3) is 4.74. The van der Waals surface area contributed by atoms with Crippen molar-refractivity contribution in [3.63, 3.8) is 0 Å². The maximum atomic E-state index is 12.6. The molecular formula is C21H20N2O8. The highest BCUT2D eigenvalue weighted by atomic mass is 16.6. The zero-order chi connectivity index (χ0) is 22.5. The van der Waals surface area contributed by atoms with E-state index >= 15 is 0 Å². The van der Waals surface area contributed by atoms with Crippen LogP contribution in [0.3, 0.4) is 0 Å². The predicted octanol–water partition coefficient (Wildman–Crippen LogP) is 4.02. The van der Waals surface area contributed by atoms with Gasteiger partial charge < -0.3 is 23.5 Å². The second-order valence-electron chi connectivity index (χ2n) is 6.44. The van der Waals surface area contributed by atoms with Crippen LogP contribution in [0, 0.1) is 24.0 Å². The van der Waals surface area contributed by atoms with Crippen LogP contribution in [0.4, 0.5) is 5.69 Å². The zero-order valence-corrected chi connectivity index (χ0v) is 17.3. The molecule has 0 atom stereocenters. The lowest BCUT2D eigenvalue weighted by Crippen LogP contribution is -2.10. The third-order valence-electron chi connectivity index (χ3n) is 4.52. The number of nitrogens with zero attached hydrogens (tertiary/aromatic N) is 2. The minimum absolute atomic E-state index is 0.131. The summed E-state index contributed by atoms with van der Waals surface area (Å²) < 4.78 is 26.4. The summed E-state index contributed by atoms with van der Waals surface area (Å²) in [5.74, 6) is 0.628. The van der Waals surface area contributed by atoms with Crippen LogP contribution < -0.4 is 18.9 Å². The van der Waals surface area contributed by atoms with Crippen molar-refractivity contribution in [2.75, 3.05) is 14.2 Å². The largest absolute Gasteiger partial charge is 0.496 e. The molecule has 0 aliphatic carbocycles. The van der Waals surface area contributed by atoms with Gasteiger partial charge in [-0.15, -0.1) is 0 Å². The molecule has 1 aromatic heterocycles. The van der Waals surface area contributed by atoms with Gasteiger partial charge in [0.15, 0.2) is 11.5 Å². The van der Waals surface area contributed by atoms with Crippen molar-refractivity contribution >= 4 is 11.7 Å². The molecule has 0 N–H and O–H groups in total. The van der Waals surface area contributed by atoms with Gasteiger partial charge in [-0.05, 0) is 44.2 Å². The van der Waals surface area contributed by atoms with Crippen LogP contribution in [0.5, 0.6) is 23.0 Å². The first-order chi connectivity index (χ1) is 14.8. The van der Waals surface area contributed by atoms with Crippen LogP contribution in [-0.4, -0.2) is 30.3 Å². The van der Waals surface area contributed by atoms with E-state index in [0.29, 0.717) is 17.3 Å². The molecule has 0 spiro atoms. The molecule has 0 saturated heterocycles. The standard InChI is InChI=1S/C21H20N2O8/c1-12-16(13(2)31-22-12)11-29-19-7-5-14(9-20(19)28-4)21(24)30-18-8-6-15(27-3)10-17(18)23(25)26/h5-10H,11H2,1-4H3. The number of esters is 1. The zero-order valence-electron chi connectivity index (χ0n) is 17.3. The summed E-state index contributed by atoms with van der Waals surface area (Å²) in [7, 11) is 2.81. The number of hydrogen-bond donors (Lipinski definition) is 0. The Morgan fingerprint density at radius 1 is 1.06 bits per heavy atom. The molecule has 10 nitrogen and oxygen atoms in total. The van der Waals surface area contributed by atoms with E-state index in [0.717, 1.165) is 11.3 Å². The molecule has 0 saturated carbocycles. The van der Waals surface area contributed by atoms with E-state index in [9.17, 15) is 14.9 Å². The number of aromatic nitrogens is 1. The summed E-state index contributed by atoms with van der Waals surface area (Å²) in [5.41, 5.74) is 1.28. The second kappa shape index (κ2) is 9.16. The number of carbonyl (C=O) groups is 1. The summed E-state index contributed by atoms with van der Waals surface area (Å²) >= 11 is 0. The number of methoxy groups -OCH3 is 2. The fourth-order valence-electron chi connectivity index (χ4n) is 2.78. The molecule has 0 aliphatic heterocycles. The molecule has 0 bridgehead atoms. The number of rotatable bonds is 8. The normalized spacial score (nSPS) is 10.5. The molecule has 0 fully saturated rings. The van der Waals surface area contributed by atoms with E-state index in [1.54, 1.807) is 13.0 Å². The fraction of sp³-hybridized carbons (Fsp3) is 0.238. The molecule has 10 heteroatoms. The number of benzene rings is 2. The van der Waals surface area contributed by atoms with E-state index in [-0.39, 0.29) is 29.4 Å². The van der Waals surface area contributed by atoms with Crippen LogP contribution in [0.15, 0.2) is 40.9 Å². The first kappa shape index (κ1) is 21.6. The van der Waals surface area contributed by atoms with E-state index in [1.165, 1.54) is 44.6 Å². The Labute approximate surface area is 177 Å². The molecule has 0 amide bonds. The summed E-state index contributed by atoms with van der Waals surface area (Å²) in [6.07, 6.45) is 0. The van der Waals surface area contributed by atoms with Gasteiger partial charge in [0.1, 0.15) is 18.1 Å². The van der Waals surface area contributed by atoms with Gasteiger partial charge in [0.25, 0.3) is 0 Å².